The summed E-state index contributed by atoms with van der Waals surface area (Å²) >= 11 is 4.24. The van der Waals surface area contributed by atoms with Crippen LogP contribution in [0.15, 0.2) is 0 Å². The minimum Gasteiger partial charge on any atom is -0.480 e. The summed E-state index contributed by atoms with van der Waals surface area (Å²) in [4.78, 5) is 10.2. The largest absolute Gasteiger partial charge is 0.480 e. The molecule has 0 saturated heterocycles. The summed E-state index contributed by atoms with van der Waals surface area (Å²) in [7, 11) is 1.62. The highest BCUT2D eigenvalue weighted by Crippen LogP contribution is 1.98. The van der Waals surface area contributed by atoms with Crippen molar-refractivity contribution in [2.75, 3.05) is 7.05 Å². The molecule has 0 aromatic carbocycles. The summed E-state index contributed by atoms with van der Waals surface area (Å²) in [6.45, 7) is 3.21. The van der Waals surface area contributed by atoms with Crippen molar-refractivity contribution in [3.05, 3.63) is 0 Å². The van der Waals surface area contributed by atoms with Crippen molar-refractivity contribution in [2.24, 2.45) is 0 Å². The number of aliphatic carboxylic acids is 1. The predicted molar refractivity (Wildman–Crippen MR) is 58.8 cm³/mol. The molecule has 0 bridgehead atoms. The molecule has 5 heteroatoms. The van der Waals surface area contributed by atoms with Gasteiger partial charge in [-0.15, -0.1) is 0 Å². The molecule has 0 unspecified atom stereocenters. The Kier molecular flexibility index (Phi) is 8.88. The van der Waals surface area contributed by atoms with Gasteiger partial charge in [0, 0.05) is 37.2 Å². The number of hydrogen-bond acceptors (Lipinski definition) is 2. The van der Waals surface area contributed by atoms with Gasteiger partial charge < -0.3 is 10.4 Å². The molecule has 0 radical (unpaired) electrons. The van der Waals surface area contributed by atoms with E-state index in [1.807, 2.05) is 0 Å². The van der Waals surface area contributed by atoms with Crippen LogP contribution >= 0.6 is 37.2 Å². The molecule has 0 spiro atoms. The summed E-state index contributed by atoms with van der Waals surface area (Å²) in [5.74, 6) is -0.833. The van der Waals surface area contributed by atoms with E-state index >= 15 is 0 Å². The fourth-order valence-corrected chi connectivity index (χ4v) is 0.107. The number of rotatable bonds is 2. The molecule has 2 N–H and O–H groups in total. The van der Waals surface area contributed by atoms with Gasteiger partial charge in [0.25, 0.3) is 0 Å². The summed E-state index contributed by atoms with van der Waals surface area (Å²) in [5, 5.41) is 11.0. The summed E-state index contributed by atoms with van der Waals surface area (Å²) in [6.07, 6.45) is 0. The van der Waals surface area contributed by atoms with Crippen molar-refractivity contribution in [1.82, 2.24) is 5.32 Å². The van der Waals surface area contributed by atoms with E-state index in [2.05, 4.69) is 42.5 Å². The van der Waals surface area contributed by atoms with E-state index in [-0.39, 0.29) is 0 Å². The minimum absolute atomic E-state index is 0.792. The average Bonchev–Trinajstić information content (AvgIpc) is 1.92. The van der Waals surface area contributed by atoms with E-state index < -0.39 is 11.5 Å². The number of nitrogens with one attached hydrogen (secondary N) is 1. The number of hydrogen-bond donors (Lipinski definition) is 2. The third kappa shape index (κ3) is 5.66. The molecule has 0 aromatic heterocycles. The van der Waals surface area contributed by atoms with Gasteiger partial charge in [0.05, 0.1) is 0 Å². The van der Waals surface area contributed by atoms with Crippen LogP contribution in [0, 0.1) is 0 Å². The lowest BCUT2D eigenvalue weighted by molar-refractivity contribution is -0.143. The zero-order valence-corrected chi connectivity index (χ0v) is 10.4. The Morgan fingerprint density at radius 2 is 1.80 bits per heavy atom. The SMILES string of the molecule is CNC(C)(C)C(=O)O.II. The molecule has 0 aromatic rings. The molecular formula is C5H11I2NO2. The quantitative estimate of drug-likeness (QED) is 0.729. The van der Waals surface area contributed by atoms with Gasteiger partial charge in [0.2, 0.25) is 0 Å². The number of halogens is 2. The van der Waals surface area contributed by atoms with E-state index in [9.17, 15) is 4.79 Å². The zero-order chi connectivity index (χ0) is 8.78. The molecule has 0 aliphatic rings. The monoisotopic (exact) mass is 371 g/mol. The van der Waals surface area contributed by atoms with Gasteiger partial charge in [0.15, 0.2) is 0 Å². The maximum Gasteiger partial charge on any atom is 0.323 e. The van der Waals surface area contributed by atoms with Crippen LogP contribution in [0.25, 0.3) is 0 Å². The molecule has 10 heavy (non-hydrogen) atoms. The lowest BCUT2D eigenvalue weighted by Crippen LogP contribution is -2.44. The number of carboxylic acids is 1. The molecule has 0 saturated carbocycles. The van der Waals surface area contributed by atoms with Gasteiger partial charge in [-0.05, 0) is 20.9 Å². The summed E-state index contributed by atoms with van der Waals surface area (Å²) in [5.41, 5.74) is -0.792. The van der Waals surface area contributed by atoms with Crippen LogP contribution < -0.4 is 5.32 Å². The summed E-state index contributed by atoms with van der Waals surface area (Å²) in [6, 6.07) is 0. The standard InChI is InChI=1S/C5H11NO2.I2/c1-5(2,6-3)4(7)8;1-2/h6H,1-3H3,(H,7,8);. The van der Waals surface area contributed by atoms with Crippen LogP contribution in [0.5, 0.6) is 0 Å². The Morgan fingerprint density at radius 3 is 1.80 bits per heavy atom. The van der Waals surface area contributed by atoms with E-state index in [1.165, 1.54) is 0 Å². The van der Waals surface area contributed by atoms with Crippen LogP contribution in [0.4, 0.5) is 0 Å². The highest BCUT2D eigenvalue weighted by atomic mass is 128. The Morgan fingerprint density at radius 1 is 1.50 bits per heavy atom. The highest BCUT2D eigenvalue weighted by Gasteiger charge is 2.23. The van der Waals surface area contributed by atoms with Crippen molar-refractivity contribution >= 4 is 43.2 Å². The molecule has 0 fully saturated rings. The maximum absolute atomic E-state index is 10.2. The summed E-state index contributed by atoms with van der Waals surface area (Å²) < 4.78 is 0. The second kappa shape index (κ2) is 6.59. The van der Waals surface area contributed by atoms with Crippen molar-refractivity contribution in [3.8, 4) is 0 Å². The first-order valence-electron chi connectivity index (χ1n) is 2.57. The molecule has 0 amide bonds. The third-order valence-electron chi connectivity index (χ3n) is 1.16. The predicted octanol–water partition coefficient (Wildman–Crippen LogP) is 1.84. The van der Waals surface area contributed by atoms with Gasteiger partial charge in [-0.1, -0.05) is 0 Å². The van der Waals surface area contributed by atoms with Gasteiger partial charge in [-0.2, -0.15) is 0 Å². The molecule has 62 valence electrons. The molecular weight excluding hydrogens is 360 g/mol. The fraction of sp³-hybridized carbons (Fsp3) is 0.800. The molecule has 0 atom stereocenters. The Bertz CT molecular complexity index is 106. The van der Waals surface area contributed by atoms with Gasteiger partial charge >= 0.3 is 5.97 Å². The van der Waals surface area contributed by atoms with Crippen molar-refractivity contribution < 1.29 is 9.90 Å². The minimum atomic E-state index is -0.833. The lowest BCUT2D eigenvalue weighted by Gasteiger charge is -2.16. The van der Waals surface area contributed by atoms with E-state index in [4.69, 9.17) is 5.11 Å². The van der Waals surface area contributed by atoms with Crippen molar-refractivity contribution in [2.45, 2.75) is 19.4 Å². The van der Waals surface area contributed by atoms with Crippen LogP contribution in [0.3, 0.4) is 0 Å². The van der Waals surface area contributed by atoms with E-state index in [0.717, 1.165) is 0 Å². The third-order valence-corrected chi connectivity index (χ3v) is 1.16. The van der Waals surface area contributed by atoms with Gasteiger partial charge in [0.1, 0.15) is 5.54 Å². The second-order valence-corrected chi connectivity index (χ2v) is 2.18. The van der Waals surface area contributed by atoms with E-state index in [0.29, 0.717) is 0 Å². The first kappa shape index (κ1) is 13.5. The number of carboxylic acid groups (broad SMARTS) is 1. The Balaban J connectivity index is 0. The topological polar surface area (TPSA) is 49.3 Å². The van der Waals surface area contributed by atoms with E-state index in [1.54, 1.807) is 20.9 Å². The highest BCUT2D eigenvalue weighted by molar-refractivity contribution is 15.0. The second-order valence-electron chi connectivity index (χ2n) is 2.18. The Labute approximate surface area is 84.3 Å². The van der Waals surface area contributed by atoms with Gasteiger partial charge in [-0.25, -0.2) is 0 Å². The number of likely N-dealkylation sites (N-methyl/N-ethyl adjacent to an activating group) is 1. The van der Waals surface area contributed by atoms with Crippen molar-refractivity contribution in [3.63, 3.8) is 0 Å². The van der Waals surface area contributed by atoms with Crippen LogP contribution in [-0.2, 0) is 4.79 Å². The molecule has 0 aliphatic heterocycles. The van der Waals surface area contributed by atoms with Crippen LogP contribution in [-0.4, -0.2) is 23.7 Å². The maximum atomic E-state index is 10.2. The molecule has 0 aliphatic carbocycles. The average molecular weight is 371 g/mol. The fourth-order valence-electron chi connectivity index (χ4n) is 0.107. The number of carbonyl (C=O) groups is 1. The normalized spacial score (nSPS) is 9.70. The lowest BCUT2D eigenvalue weighted by atomic mass is 10.1. The first-order valence-corrected chi connectivity index (χ1v) is 8.86. The molecule has 0 rings (SSSR count). The van der Waals surface area contributed by atoms with Crippen LogP contribution in [0.2, 0.25) is 0 Å². The first-order chi connectivity index (χ1) is 4.50. The van der Waals surface area contributed by atoms with Gasteiger partial charge in [-0.3, -0.25) is 4.79 Å². The van der Waals surface area contributed by atoms with Crippen LogP contribution in [0.1, 0.15) is 13.8 Å². The molecule has 0 heterocycles. The molecule has 3 nitrogen and oxygen atoms in total. The smallest absolute Gasteiger partial charge is 0.323 e. The zero-order valence-electron chi connectivity index (χ0n) is 6.11. The Hall–Kier alpha value is 0.890. The van der Waals surface area contributed by atoms with Crippen molar-refractivity contribution in [1.29, 1.82) is 0 Å².